The Morgan fingerprint density at radius 3 is 2.46 bits per heavy atom. The van der Waals surface area contributed by atoms with Gasteiger partial charge in [0.05, 0.1) is 14.2 Å². The summed E-state index contributed by atoms with van der Waals surface area (Å²) in [5.74, 6) is 0.847. The molecule has 0 saturated carbocycles. The van der Waals surface area contributed by atoms with E-state index in [1.807, 2.05) is 30.3 Å². The van der Waals surface area contributed by atoms with Crippen LogP contribution in [0.1, 0.15) is 10.6 Å². The van der Waals surface area contributed by atoms with Crippen LogP contribution in [-0.2, 0) is 0 Å². The number of hydrogen-bond donors (Lipinski definition) is 1. The summed E-state index contributed by atoms with van der Waals surface area (Å²) in [4.78, 5) is 12.3. The number of amides is 1. The Labute approximate surface area is 139 Å². The van der Waals surface area contributed by atoms with E-state index >= 15 is 0 Å². The number of hydrogen-bond acceptors (Lipinski definition) is 5. The van der Waals surface area contributed by atoms with Crippen molar-refractivity contribution in [3.05, 3.63) is 60.4 Å². The van der Waals surface area contributed by atoms with Crippen LogP contribution in [0, 0.1) is 0 Å². The van der Waals surface area contributed by atoms with Gasteiger partial charge in [-0.3, -0.25) is 4.79 Å². The second-order valence-electron chi connectivity index (χ2n) is 4.97. The van der Waals surface area contributed by atoms with Gasteiger partial charge >= 0.3 is 0 Å². The second-order valence-corrected chi connectivity index (χ2v) is 4.97. The molecule has 6 nitrogen and oxygen atoms in total. The number of ether oxygens (including phenoxy) is 2. The van der Waals surface area contributed by atoms with Gasteiger partial charge in [0, 0.05) is 23.4 Å². The van der Waals surface area contributed by atoms with Gasteiger partial charge in [-0.2, -0.15) is 0 Å². The molecule has 0 fully saturated rings. The van der Waals surface area contributed by atoms with E-state index in [-0.39, 0.29) is 5.76 Å². The third-order valence-corrected chi connectivity index (χ3v) is 3.44. The maximum absolute atomic E-state index is 12.3. The van der Waals surface area contributed by atoms with Crippen molar-refractivity contribution in [2.75, 3.05) is 19.5 Å². The fourth-order valence-corrected chi connectivity index (χ4v) is 2.23. The third-order valence-electron chi connectivity index (χ3n) is 3.44. The monoisotopic (exact) mass is 324 g/mol. The van der Waals surface area contributed by atoms with Gasteiger partial charge < -0.3 is 19.3 Å². The largest absolute Gasteiger partial charge is 0.493 e. The van der Waals surface area contributed by atoms with Crippen LogP contribution in [-0.4, -0.2) is 25.3 Å². The fraction of sp³-hybridized carbons (Fsp3) is 0.111. The average Bonchev–Trinajstić information content (AvgIpc) is 3.12. The summed E-state index contributed by atoms with van der Waals surface area (Å²) in [7, 11) is 3.09. The minimum absolute atomic E-state index is 0.128. The number of nitrogens with zero attached hydrogens (tertiary/aromatic N) is 1. The van der Waals surface area contributed by atoms with Gasteiger partial charge in [-0.05, 0) is 12.1 Å². The summed E-state index contributed by atoms with van der Waals surface area (Å²) >= 11 is 0. The van der Waals surface area contributed by atoms with Gasteiger partial charge in [-0.1, -0.05) is 35.5 Å². The summed E-state index contributed by atoms with van der Waals surface area (Å²) in [5.41, 5.74) is 2.05. The van der Waals surface area contributed by atoms with Crippen LogP contribution < -0.4 is 14.8 Å². The predicted octanol–water partition coefficient (Wildman–Crippen LogP) is 3.61. The van der Waals surface area contributed by atoms with Crippen molar-refractivity contribution < 1.29 is 18.8 Å². The van der Waals surface area contributed by atoms with Crippen LogP contribution in [0.25, 0.3) is 11.3 Å². The van der Waals surface area contributed by atoms with Gasteiger partial charge in [0.15, 0.2) is 11.5 Å². The van der Waals surface area contributed by atoms with E-state index < -0.39 is 5.91 Å². The first-order chi connectivity index (χ1) is 11.7. The van der Waals surface area contributed by atoms with Gasteiger partial charge in [0.2, 0.25) is 5.76 Å². The van der Waals surface area contributed by atoms with Crippen LogP contribution in [0.3, 0.4) is 0 Å². The molecule has 3 rings (SSSR count). The Morgan fingerprint density at radius 1 is 1.00 bits per heavy atom. The maximum Gasteiger partial charge on any atom is 0.294 e. The molecular formula is C18H16N2O4. The number of benzene rings is 2. The van der Waals surface area contributed by atoms with Crippen molar-refractivity contribution in [2.45, 2.75) is 0 Å². The number of nitrogens with one attached hydrogen (secondary N) is 1. The van der Waals surface area contributed by atoms with Crippen LogP contribution in [0.5, 0.6) is 11.5 Å². The first kappa shape index (κ1) is 15.6. The van der Waals surface area contributed by atoms with Gasteiger partial charge in [-0.25, -0.2) is 0 Å². The first-order valence-electron chi connectivity index (χ1n) is 7.27. The Kier molecular flexibility index (Phi) is 4.47. The highest BCUT2D eigenvalue weighted by Gasteiger charge is 2.15. The lowest BCUT2D eigenvalue weighted by molar-refractivity contribution is 0.0988. The summed E-state index contributed by atoms with van der Waals surface area (Å²) in [6.45, 7) is 0. The summed E-state index contributed by atoms with van der Waals surface area (Å²) in [6, 6.07) is 16.2. The topological polar surface area (TPSA) is 73.6 Å². The molecule has 0 saturated heterocycles. The van der Waals surface area contributed by atoms with E-state index in [9.17, 15) is 4.79 Å². The van der Waals surface area contributed by atoms with Crippen molar-refractivity contribution in [3.63, 3.8) is 0 Å². The van der Waals surface area contributed by atoms with Crippen molar-refractivity contribution in [1.29, 1.82) is 0 Å². The van der Waals surface area contributed by atoms with Crippen LogP contribution >= 0.6 is 0 Å². The van der Waals surface area contributed by atoms with E-state index in [0.29, 0.717) is 22.9 Å². The lowest BCUT2D eigenvalue weighted by Crippen LogP contribution is -2.11. The van der Waals surface area contributed by atoms with Crippen molar-refractivity contribution >= 4 is 11.6 Å². The molecule has 3 aromatic rings. The standard InChI is InChI=1S/C18H16N2O4/c1-22-15-9-8-13(10-16(15)23-2)19-18(21)17-11-14(20-24-17)12-6-4-3-5-7-12/h3-11H,1-2H3,(H,19,21). The fourth-order valence-electron chi connectivity index (χ4n) is 2.23. The Bertz CT molecular complexity index is 843. The third kappa shape index (κ3) is 3.22. The lowest BCUT2D eigenvalue weighted by atomic mass is 10.1. The van der Waals surface area contributed by atoms with E-state index in [2.05, 4.69) is 10.5 Å². The van der Waals surface area contributed by atoms with E-state index in [0.717, 1.165) is 5.56 Å². The first-order valence-corrected chi connectivity index (χ1v) is 7.27. The highest BCUT2D eigenvalue weighted by Crippen LogP contribution is 2.30. The van der Waals surface area contributed by atoms with Crippen molar-refractivity contribution in [3.8, 4) is 22.8 Å². The number of methoxy groups -OCH3 is 2. The number of anilines is 1. The Balaban J connectivity index is 1.77. The molecular weight excluding hydrogens is 308 g/mol. The molecule has 2 aromatic carbocycles. The molecule has 122 valence electrons. The molecule has 0 bridgehead atoms. The smallest absolute Gasteiger partial charge is 0.294 e. The molecule has 24 heavy (non-hydrogen) atoms. The molecule has 0 unspecified atom stereocenters. The number of carbonyl (C=O) groups excluding carboxylic acids is 1. The quantitative estimate of drug-likeness (QED) is 0.776. The molecule has 0 atom stereocenters. The zero-order valence-electron chi connectivity index (χ0n) is 13.3. The van der Waals surface area contributed by atoms with Crippen molar-refractivity contribution in [1.82, 2.24) is 5.16 Å². The molecule has 0 aliphatic rings. The molecule has 0 radical (unpaired) electrons. The minimum atomic E-state index is -0.392. The number of aromatic nitrogens is 1. The van der Waals surface area contributed by atoms with Gasteiger partial charge in [0.25, 0.3) is 5.91 Å². The molecule has 1 amide bonds. The maximum atomic E-state index is 12.3. The molecule has 0 spiro atoms. The van der Waals surface area contributed by atoms with Crippen molar-refractivity contribution in [2.24, 2.45) is 0 Å². The highest BCUT2D eigenvalue weighted by atomic mass is 16.5. The normalized spacial score (nSPS) is 10.2. The molecule has 1 N–H and O–H groups in total. The molecule has 0 aliphatic heterocycles. The second kappa shape index (κ2) is 6.87. The summed E-state index contributed by atoms with van der Waals surface area (Å²) < 4.78 is 15.5. The predicted molar refractivity (Wildman–Crippen MR) is 89.4 cm³/mol. The molecule has 1 aromatic heterocycles. The average molecular weight is 324 g/mol. The van der Waals surface area contributed by atoms with E-state index in [1.54, 1.807) is 31.4 Å². The highest BCUT2D eigenvalue weighted by molar-refractivity contribution is 6.02. The number of rotatable bonds is 5. The summed E-state index contributed by atoms with van der Waals surface area (Å²) in [5, 5.41) is 6.67. The van der Waals surface area contributed by atoms with E-state index in [1.165, 1.54) is 7.11 Å². The summed E-state index contributed by atoms with van der Waals surface area (Å²) in [6.07, 6.45) is 0. The van der Waals surface area contributed by atoms with Crippen LogP contribution in [0.2, 0.25) is 0 Å². The lowest BCUT2D eigenvalue weighted by Gasteiger charge is -2.09. The van der Waals surface area contributed by atoms with Crippen LogP contribution in [0.15, 0.2) is 59.1 Å². The molecule has 0 aliphatic carbocycles. The molecule has 1 heterocycles. The Hall–Kier alpha value is -3.28. The van der Waals surface area contributed by atoms with Gasteiger partial charge in [0.1, 0.15) is 5.69 Å². The zero-order valence-corrected chi connectivity index (χ0v) is 13.3. The number of carbonyl (C=O) groups is 1. The SMILES string of the molecule is COc1ccc(NC(=O)c2cc(-c3ccccc3)no2)cc1OC. The Morgan fingerprint density at radius 2 is 1.75 bits per heavy atom. The molecule has 6 heteroatoms. The van der Waals surface area contributed by atoms with E-state index in [4.69, 9.17) is 14.0 Å². The minimum Gasteiger partial charge on any atom is -0.493 e. The van der Waals surface area contributed by atoms with Gasteiger partial charge in [-0.15, -0.1) is 0 Å². The zero-order chi connectivity index (χ0) is 16.9. The van der Waals surface area contributed by atoms with Crippen LogP contribution in [0.4, 0.5) is 5.69 Å².